The average Bonchev–Trinajstić information content (AvgIpc) is 3.38. The van der Waals surface area contributed by atoms with E-state index in [0.29, 0.717) is 17.1 Å². The number of halogens is 1. The average molecular weight is 411 g/mol. The molecule has 8 nitrogen and oxygen atoms in total. The molecule has 2 aromatic carbocycles. The van der Waals surface area contributed by atoms with E-state index < -0.39 is 0 Å². The highest BCUT2D eigenvalue weighted by Gasteiger charge is 2.18. The van der Waals surface area contributed by atoms with Gasteiger partial charge in [-0.05, 0) is 59.9 Å². The number of nitrogens with zero attached hydrogens (tertiary/aromatic N) is 7. The smallest absolute Gasteiger partial charge is 0.225 e. The molecular weight excluding hydrogens is 391 g/mol. The Morgan fingerprint density at radius 1 is 1.10 bits per heavy atom. The molecule has 1 unspecified atom stereocenters. The lowest BCUT2D eigenvalue weighted by Gasteiger charge is -2.21. The fourth-order valence-electron chi connectivity index (χ4n) is 3.06. The minimum atomic E-state index is -0.343. The number of hydrogen-bond acceptors (Lipinski definition) is 5. The number of aromatic nitrogens is 7. The molecule has 29 heavy (non-hydrogen) atoms. The monoisotopic (exact) mass is 411 g/mol. The second-order valence-electron chi connectivity index (χ2n) is 6.81. The standard InChI is InChI=1S/C19H19FN8S/c1-14(15-6-8-17(9-7-15)26-12-21-11-22-26)25(2)13-27-19(29)28(24-23-27)18-5-3-4-16(20)10-18/h3-12,14H,13H2,1-2H3/p+1/t14-/m0/s1. The first kappa shape index (κ1) is 19.1. The first-order chi connectivity index (χ1) is 14.0. The molecule has 0 radical (unpaired) electrons. The van der Waals surface area contributed by atoms with Crippen molar-refractivity contribution in [2.75, 3.05) is 7.05 Å². The molecule has 0 aliphatic rings. The molecule has 0 aliphatic carbocycles. The van der Waals surface area contributed by atoms with Gasteiger partial charge in [-0.2, -0.15) is 14.5 Å². The molecule has 0 fully saturated rings. The summed E-state index contributed by atoms with van der Waals surface area (Å²) >= 11 is 5.48. The Morgan fingerprint density at radius 2 is 1.90 bits per heavy atom. The van der Waals surface area contributed by atoms with E-state index in [1.807, 2.05) is 12.1 Å². The number of tetrazole rings is 1. The van der Waals surface area contributed by atoms with Crippen LogP contribution in [0.15, 0.2) is 61.2 Å². The van der Waals surface area contributed by atoms with Crippen LogP contribution in [0.25, 0.3) is 11.4 Å². The lowest BCUT2D eigenvalue weighted by Crippen LogP contribution is -3.08. The van der Waals surface area contributed by atoms with Gasteiger partial charge in [0.1, 0.15) is 24.5 Å². The first-order valence-corrected chi connectivity index (χ1v) is 9.50. The molecule has 2 aromatic heterocycles. The number of quaternary nitrogens is 1. The summed E-state index contributed by atoms with van der Waals surface area (Å²) < 4.78 is 18.7. The van der Waals surface area contributed by atoms with Gasteiger partial charge in [-0.1, -0.05) is 18.2 Å². The fraction of sp³-hybridized carbons (Fsp3) is 0.211. The molecular formula is C19H20FN8S+. The van der Waals surface area contributed by atoms with Crippen LogP contribution in [-0.4, -0.2) is 41.6 Å². The van der Waals surface area contributed by atoms with Gasteiger partial charge < -0.3 is 4.90 Å². The highest BCUT2D eigenvalue weighted by molar-refractivity contribution is 7.71. The van der Waals surface area contributed by atoms with Gasteiger partial charge in [0.25, 0.3) is 0 Å². The molecule has 148 valence electrons. The molecule has 0 aliphatic heterocycles. The number of hydrogen-bond donors (Lipinski definition) is 1. The highest BCUT2D eigenvalue weighted by Crippen LogP contribution is 2.13. The van der Waals surface area contributed by atoms with Crippen LogP contribution in [0.1, 0.15) is 18.5 Å². The minimum Gasteiger partial charge on any atom is -0.313 e. The molecule has 1 N–H and O–H groups in total. The summed E-state index contributed by atoms with van der Waals surface area (Å²) in [5.74, 6) is -0.343. The third kappa shape index (κ3) is 3.98. The lowest BCUT2D eigenvalue weighted by atomic mass is 10.1. The maximum absolute atomic E-state index is 13.5. The molecule has 4 rings (SSSR count). The van der Waals surface area contributed by atoms with E-state index in [0.717, 1.165) is 5.69 Å². The summed E-state index contributed by atoms with van der Waals surface area (Å²) in [5.41, 5.74) is 2.68. The first-order valence-electron chi connectivity index (χ1n) is 9.09. The van der Waals surface area contributed by atoms with Gasteiger partial charge >= 0.3 is 0 Å². The van der Waals surface area contributed by atoms with E-state index >= 15 is 0 Å². The minimum absolute atomic E-state index is 0.195. The Balaban J connectivity index is 1.49. The van der Waals surface area contributed by atoms with Crippen LogP contribution in [0.3, 0.4) is 0 Å². The summed E-state index contributed by atoms with van der Waals surface area (Å²) in [6.45, 7) is 2.67. The molecule has 0 saturated carbocycles. The van der Waals surface area contributed by atoms with Gasteiger partial charge in [-0.3, -0.25) is 0 Å². The SMILES string of the molecule is C[C@@H](c1ccc(-n2cncn2)cc1)[NH+](C)Cn1nnn(-c2cccc(F)c2)c1=S. The zero-order valence-electron chi connectivity index (χ0n) is 16.0. The van der Waals surface area contributed by atoms with E-state index in [1.165, 1.54) is 33.6 Å². The Bertz CT molecular complexity index is 1150. The Morgan fingerprint density at radius 3 is 2.59 bits per heavy atom. The quantitative estimate of drug-likeness (QED) is 0.490. The van der Waals surface area contributed by atoms with Crippen LogP contribution < -0.4 is 4.90 Å². The van der Waals surface area contributed by atoms with Crippen LogP contribution >= 0.6 is 12.2 Å². The zero-order chi connectivity index (χ0) is 20.4. The maximum Gasteiger partial charge on any atom is 0.225 e. The van der Waals surface area contributed by atoms with Gasteiger partial charge in [0.15, 0.2) is 6.67 Å². The van der Waals surface area contributed by atoms with Crippen molar-refractivity contribution in [1.29, 1.82) is 0 Å². The van der Waals surface area contributed by atoms with Crippen molar-refractivity contribution in [3.8, 4) is 11.4 Å². The van der Waals surface area contributed by atoms with Crippen LogP contribution in [0.4, 0.5) is 4.39 Å². The van der Waals surface area contributed by atoms with Crippen LogP contribution in [0, 0.1) is 10.6 Å². The number of benzene rings is 2. The third-order valence-corrected chi connectivity index (χ3v) is 5.29. The van der Waals surface area contributed by atoms with Gasteiger partial charge in [-0.25, -0.2) is 14.1 Å². The summed E-state index contributed by atoms with van der Waals surface area (Å²) in [6, 6.07) is 14.5. The molecule has 0 spiro atoms. The highest BCUT2D eigenvalue weighted by atomic mass is 32.1. The van der Waals surface area contributed by atoms with Gasteiger partial charge in [0.05, 0.1) is 18.4 Å². The third-order valence-electron chi connectivity index (χ3n) is 4.91. The zero-order valence-corrected chi connectivity index (χ0v) is 16.8. The van der Waals surface area contributed by atoms with E-state index in [-0.39, 0.29) is 11.9 Å². The lowest BCUT2D eigenvalue weighted by molar-refractivity contribution is -0.933. The largest absolute Gasteiger partial charge is 0.313 e. The summed E-state index contributed by atoms with van der Waals surface area (Å²) in [4.78, 5) is 5.15. The number of nitrogens with one attached hydrogen (secondary N) is 1. The van der Waals surface area contributed by atoms with Gasteiger partial charge in [-0.15, -0.1) is 0 Å². The molecule has 2 atom stereocenters. The summed E-state index contributed by atoms with van der Waals surface area (Å²) in [7, 11) is 2.07. The predicted molar refractivity (Wildman–Crippen MR) is 107 cm³/mol. The Labute approximate surface area is 171 Å². The van der Waals surface area contributed by atoms with Crippen molar-refractivity contribution in [3.63, 3.8) is 0 Å². The van der Waals surface area contributed by atoms with E-state index in [9.17, 15) is 4.39 Å². The van der Waals surface area contributed by atoms with Crippen LogP contribution in [-0.2, 0) is 6.67 Å². The fourth-order valence-corrected chi connectivity index (χ4v) is 3.30. The molecule has 2 heterocycles. The van der Waals surface area contributed by atoms with Crippen molar-refractivity contribution in [2.24, 2.45) is 0 Å². The van der Waals surface area contributed by atoms with Crippen LogP contribution in [0.5, 0.6) is 0 Å². The summed E-state index contributed by atoms with van der Waals surface area (Å²) in [5, 5.41) is 12.4. The van der Waals surface area contributed by atoms with Crippen molar-refractivity contribution < 1.29 is 9.29 Å². The molecule has 0 bridgehead atoms. The van der Waals surface area contributed by atoms with E-state index in [4.69, 9.17) is 12.2 Å². The van der Waals surface area contributed by atoms with Gasteiger partial charge in [0, 0.05) is 5.56 Å². The van der Waals surface area contributed by atoms with Crippen molar-refractivity contribution in [3.05, 3.63) is 77.3 Å². The maximum atomic E-state index is 13.5. The molecule has 10 heteroatoms. The van der Waals surface area contributed by atoms with Crippen molar-refractivity contribution >= 4 is 12.2 Å². The molecule has 0 amide bonds. The van der Waals surface area contributed by atoms with Gasteiger partial charge in [0.2, 0.25) is 4.77 Å². The Hall–Kier alpha value is -3.24. The van der Waals surface area contributed by atoms with E-state index in [1.54, 1.807) is 27.8 Å². The normalized spacial score (nSPS) is 13.3. The predicted octanol–water partition coefficient (Wildman–Crippen LogP) is 1.75. The molecule has 0 saturated heterocycles. The van der Waals surface area contributed by atoms with Crippen molar-refractivity contribution in [1.82, 2.24) is 34.6 Å². The second-order valence-corrected chi connectivity index (χ2v) is 7.18. The van der Waals surface area contributed by atoms with Crippen LogP contribution in [0.2, 0.25) is 0 Å². The Kier molecular flexibility index (Phi) is 5.28. The van der Waals surface area contributed by atoms with Crippen molar-refractivity contribution in [2.45, 2.75) is 19.6 Å². The summed E-state index contributed by atoms with van der Waals surface area (Å²) in [6.07, 6.45) is 3.18. The second kappa shape index (κ2) is 8.02. The number of rotatable bonds is 6. The molecule has 4 aromatic rings. The van der Waals surface area contributed by atoms with E-state index in [2.05, 4.69) is 46.6 Å². The topological polar surface area (TPSA) is 70.8 Å².